The van der Waals surface area contributed by atoms with E-state index in [0.29, 0.717) is 38.2 Å². The van der Waals surface area contributed by atoms with Gasteiger partial charge >= 0.3 is 12.1 Å². The zero-order valence-corrected chi connectivity index (χ0v) is 23.7. The van der Waals surface area contributed by atoms with Crippen LogP contribution >= 0.6 is 11.8 Å². The highest BCUT2D eigenvalue weighted by molar-refractivity contribution is 7.99. The third kappa shape index (κ3) is 6.92. The third-order valence-electron chi connectivity index (χ3n) is 7.84. The molecule has 0 aromatic heterocycles. The second-order valence-corrected chi connectivity index (χ2v) is 11.6. The Labute approximate surface area is 244 Å². The van der Waals surface area contributed by atoms with E-state index in [-0.39, 0.29) is 24.2 Å². The van der Waals surface area contributed by atoms with Crippen molar-refractivity contribution in [3.63, 3.8) is 0 Å². The molecule has 0 unspecified atom stereocenters. The summed E-state index contributed by atoms with van der Waals surface area (Å²) in [5, 5.41) is 14.7. The number of carboxylic acid groups (broad SMARTS) is 1. The Balaban J connectivity index is 1.23. The number of aliphatic carboxylic acids is 1. The van der Waals surface area contributed by atoms with Gasteiger partial charge in [-0.1, -0.05) is 78.9 Å². The van der Waals surface area contributed by atoms with Crippen LogP contribution in [-0.2, 0) is 20.9 Å². The number of amides is 2. The first kappa shape index (κ1) is 28.7. The minimum atomic E-state index is -1.10. The largest absolute Gasteiger partial charge is 0.481 e. The van der Waals surface area contributed by atoms with Crippen LogP contribution in [0.25, 0.3) is 11.1 Å². The number of benzene rings is 3. The Bertz CT molecular complexity index is 1330. The average molecular weight is 574 g/mol. The summed E-state index contributed by atoms with van der Waals surface area (Å²) in [5.74, 6) is -0.772. The molecule has 9 heteroatoms. The molecule has 0 saturated carbocycles. The second kappa shape index (κ2) is 13.2. The van der Waals surface area contributed by atoms with Gasteiger partial charge in [0.25, 0.3) is 0 Å². The molecule has 1 aliphatic carbocycles. The van der Waals surface area contributed by atoms with Gasteiger partial charge in [0.15, 0.2) is 0 Å². The molecule has 1 heterocycles. The number of hydrogen-bond acceptors (Lipinski definition) is 6. The van der Waals surface area contributed by atoms with Gasteiger partial charge in [-0.2, -0.15) is 0 Å². The number of ether oxygens (including phenoxy) is 1. The molecule has 3 aromatic carbocycles. The molecule has 41 heavy (non-hydrogen) atoms. The van der Waals surface area contributed by atoms with Gasteiger partial charge in [0, 0.05) is 37.8 Å². The van der Waals surface area contributed by atoms with Gasteiger partial charge in [0.1, 0.15) is 12.1 Å². The lowest BCUT2D eigenvalue weighted by atomic mass is 9.86. The minimum absolute atomic E-state index is 0.0204. The highest BCUT2D eigenvalue weighted by Gasteiger charge is 2.43. The fourth-order valence-electron chi connectivity index (χ4n) is 5.74. The Hall–Kier alpha value is -3.82. The molecule has 0 radical (unpaired) electrons. The first-order valence-electron chi connectivity index (χ1n) is 13.9. The molecule has 1 saturated heterocycles. The lowest BCUT2D eigenvalue weighted by Gasteiger charge is -2.40. The molecule has 5 rings (SSSR count). The van der Waals surface area contributed by atoms with Crippen molar-refractivity contribution < 1.29 is 24.2 Å². The standard InChI is InChI=1S/C32H35N3O5S/c36-29(37)22-41-19-16-33-30(38)32(14-17-35(18-15-32)20-23-8-2-1-3-9-23)34-31(39)40-21-28-26-12-6-4-10-24(26)25-11-5-7-13-27(25)28/h1-13,28H,14-22H2,(H,33,38)(H,34,39)(H,36,37). The molecule has 2 amide bonds. The van der Waals surface area contributed by atoms with Crippen molar-refractivity contribution in [2.45, 2.75) is 30.8 Å². The van der Waals surface area contributed by atoms with E-state index < -0.39 is 17.6 Å². The van der Waals surface area contributed by atoms with Gasteiger partial charge in [0.2, 0.25) is 5.91 Å². The van der Waals surface area contributed by atoms with Gasteiger partial charge < -0.3 is 20.5 Å². The molecular weight excluding hydrogens is 538 g/mol. The summed E-state index contributed by atoms with van der Waals surface area (Å²) >= 11 is 1.24. The molecule has 3 aromatic rings. The maximum absolute atomic E-state index is 13.5. The van der Waals surface area contributed by atoms with Crippen molar-refractivity contribution in [3.05, 3.63) is 95.6 Å². The number of thioether (sulfide) groups is 1. The molecule has 1 aliphatic heterocycles. The van der Waals surface area contributed by atoms with E-state index in [0.717, 1.165) is 28.8 Å². The van der Waals surface area contributed by atoms with Crippen LogP contribution < -0.4 is 10.6 Å². The number of alkyl carbamates (subject to hydrolysis) is 1. The van der Waals surface area contributed by atoms with Crippen molar-refractivity contribution >= 4 is 29.7 Å². The van der Waals surface area contributed by atoms with E-state index in [1.54, 1.807) is 0 Å². The summed E-state index contributed by atoms with van der Waals surface area (Å²) in [4.78, 5) is 39.8. The Morgan fingerprint density at radius 1 is 0.902 bits per heavy atom. The second-order valence-electron chi connectivity index (χ2n) is 10.5. The number of nitrogens with one attached hydrogen (secondary N) is 2. The zero-order valence-electron chi connectivity index (χ0n) is 22.9. The summed E-state index contributed by atoms with van der Waals surface area (Å²) in [6, 6.07) is 26.5. The number of likely N-dealkylation sites (tertiary alicyclic amines) is 1. The van der Waals surface area contributed by atoms with E-state index in [1.807, 2.05) is 42.5 Å². The summed E-state index contributed by atoms with van der Waals surface area (Å²) in [6.07, 6.45) is 0.273. The van der Waals surface area contributed by atoms with E-state index in [4.69, 9.17) is 9.84 Å². The van der Waals surface area contributed by atoms with Crippen molar-refractivity contribution in [2.24, 2.45) is 0 Å². The third-order valence-corrected chi connectivity index (χ3v) is 8.78. The minimum Gasteiger partial charge on any atom is -0.481 e. The van der Waals surface area contributed by atoms with E-state index in [9.17, 15) is 14.4 Å². The van der Waals surface area contributed by atoms with Crippen LogP contribution in [0, 0.1) is 0 Å². The molecule has 2 aliphatic rings. The normalized spacial score (nSPS) is 15.9. The summed E-state index contributed by atoms with van der Waals surface area (Å²) in [7, 11) is 0. The quantitative estimate of drug-likeness (QED) is 0.290. The maximum atomic E-state index is 13.5. The zero-order chi connectivity index (χ0) is 28.7. The number of piperidine rings is 1. The summed E-state index contributed by atoms with van der Waals surface area (Å²) in [6.45, 7) is 2.54. The molecular formula is C32H35N3O5S. The predicted octanol–water partition coefficient (Wildman–Crippen LogP) is 4.49. The molecule has 3 N–H and O–H groups in total. The first-order chi connectivity index (χ1) is 19.9. The number of carbonyl (C=O) groups excluding carboxylic acids is 2. The lowest BCUT2D eigenvalue weighted by Crippen LogP contribution is -2.63. The Morgan fingerprint density at radius 3 is 2.15 bits per heavy atom. The molecule has 0 spiro atoms. The number of rotatable bonds is 11. The highest BCUT2D eigenvalue weighted by Crippen LogP contribution is 2.44. The summed E-state index contributed by atoms with van der Waals surface area (Å²) < 4.78 is 5.80. The van der Waals surface area contributed by atoms with Crippen molar-refractivity contribution in [1.82, 2.24) is 15.5 Å². The van der Waals surface area contributed by atoms with Gasteiger partial charge in [-0.25, -0.2) is 4.79 Å². The van der Waals surface area contributed by atoms with Crippen molar-refractivity contribution in [2.75, 3.05) is 37.7 Å². The first-order valence-corrected chi connectivity index (χ1v) is 15.1. The lowest BCUT2D eigenvalue weighted by molar-refractivity contribution is -0.134. The average Bonchev–Trinajstić information content (AvgIpc) is 3.31. The number of fused-ring (bicyclic) bond motifs is 3. The van der Waals surface area contributed by atoms with Gasteiger partial charge in [-0.05, 0) is 40.7 Å². The molecule has 0 bridgehead atoms. The predicted molar refractivity (Wildman–Crippen MR) is 160 cm³/mol. The highest BCUT2D eigenvalue weighted by atomic mass is 32.2. The maximum Gasteiger partial charge on any atom is 0.408 e. The van der Waals surface area contributed by atoms with E-state index in [2.05, 4.69) is 51.9 Å². The molecule has 0 atom stereocenters. The SMILES string of the molecule is O=C(O)CSCCNC(=O)C1(NC(=O)OCC2c3ccccc3-c3ccccc32)CCN(Cc2ccccc2)CC1. The van der Waals surface area contributed by atoms with Crippen LogP contribution in [0.4, 0.5) is 4.79 Å². The van der Waals surface area contributed by atoms with Crippen LogP contribution in [0.1, 0.15) is 35.4 Å². The van der Waals surface area contributed by atoms with Crippen LogP contribution in [0.5, 0.6) is 0 Å². The number of hydrogen-bond donors (Lipinski definition) is 3. The Kier molecular flexibility index (Phi) is 9.26. The number of carbonyl (C=O) groups is 3. The van der Waals surface area contributed by atoms with Crippen LogP contribution in [0.15, 0.2) is 78.9 Å². The molecule has 8 nitrogen and oxygen atoms in total. The van der Waals surface area contributed by atoms with Gasteiger partial charge in [-0.3, -0.25) is 14.5 Å². The fraction of sp³-hybridized carbons (Fsp3) is 0.344. The fourth-order valence-corrected chi connectivity index (χ4v) is 6.30. The molecule has 1 fully saturated rings. The number of carboxylic acids is 1. The van der Waals surface area contributed by atoms with Crippen molar-refractivity contribution in [1.29, 1.82) is 0 Å². The monoisotopic (exact) mass is 573 g/mol. The smallest absolute Gasteiger partial charge is 0.408 e. The molecule has 214 valence electrons. The number of nitrogens with zero attached hydrogens (tertiary/aromatic N) is 1. The Morgan fingerprint density at radius 2 is 1.51 bits per heavy atom. The van der Waals surface area contributed by atoms with Gasteiger partial charge in [-0.15, -0.1) is 11.8 Å². The van der Waals surface area contributed by atoms with Crippen molar-refractivity contribution in [3.8, 4) is 11.1 Å². The van der Waals surface area contributed by atoms with Crippen LogP contribution in [-0.4, -0.2) is 71.3 Å². The topological polar surface area (TPSA) is 108 Å². The van der Waals surface area contributed by atoms with Gasteiger partial charge in [0.05, 0.1) is 5.75 Å². The van der Waals surface area contributed by atoms with Crippen LogP contribution in [0.3, 0.4) is 0 Å². The summed E-state index contributed by atoms with van der Waals surface area (Å²) in [5.41, 5.74) is 4.65. The van der Waals surface area contributed by atoms with E-state index >= 15 is 0 Å². The van der Waals surface area contributed by atoms with E-state index in [1.165, 1.54) is 17.3 Å². The van der Waals surface area contributed by atoms with Crippen LogP contribution in [0.2, 0.25) is 0 Å².